The van der Waals surface area contributed by atoms with Gasteiger partial charge in [0.05, 0.1) is 13.2 Å². The van der Waals surface area contributed by atoms with Gasteiger partial charge < -0.3 is 14.2 Å². The standard InChI is InChI=1S/C11H12F2O3/c1-7-2-3-9(15-8-5-14-6-8)10(4-7)16-11(12)13/h2-4,8,11H,5-6H2,1H3. The Balaban J connectivity index is 2.13. The lowest BCUT2D eigenvalue weighted by molar-refractivity contribution is -0.0852. The molecule has 0 atom stereocenters. The van der Waals surface area contributed by atoms with Crippen LogP contribution in [0.3, 0.4) is 0 Å². The Hall–Kier alpha value is -1.36. The first-order valence-corrected chi connectivity index (χ1v) is 4.95. The fourth-order valence-electron chi connectivity index (χ4n) is 1.36. The Morgan fingerprint density at radius 1 is 1.31 bits per heavy atom. The van der Waals surface area contributed by atoms with Crippen LogP contribution in [0.25, 0.3) is 0 Å². The van der Waals surface area contributed by atoms with Gasteiger partial charge in [0, 0.05) is 0 Å². The summed E-state index contributed by atoms with van der Waals surface area (Å²) in [5.41, 5.74) is 0.841. The molecule has 1 aliphatic rings. The normalized spacial score (nSPS) is 16.0. The minimum absolute atomic E-state index is 0.0669. The zero-order valence-corrected chi connectivity index (χ0v) is 8.78. The van der Waals surface area contributed by atoms with Crippen LogP contribution in [-0.4, -0.2) is 25.9 Å². The van der Waals surface area contributed by atoms with Gasteiger partial charge in [-0.1, -0.05) is 6.07 Å². The molecule has 0 N–H and O–H groups in total. The predicted octanol–water partition coefficient (Wildman–Crippen LogP) is 2.37. The number of aryl methyl sites for hydroxylation is 1. The van der Waals surface area contributed by atoms with E-state index in [4.69, 9.17) is 9.47 Å². The van der Waals surface area contributed by atoms with Gasteiger partial charge in [0.15, 0.2) is 11.5 Å². The molecule has 0 spiro atoms. The molecule has 3 nitrogen and oxygen atoms in total. The Kier molecular flexibility index (Phi) is 3.24. The van der Waals surface area contributed by atoms with Crippen LogP contribution in [0.1, 0.15) is 5.56 Å². The third kappa shape index (κ3) is 2.61. The highest BCUT2D eigenvalue weighted by Gasteiger charge is 2.22. The Morgan fingerprint density at radius 3 is 2.62 bits per heavy atom. The van der Waals surface area contributed by atoms with Gasteiger partial charge in [-0.3, -0.25) is 0 Å². The van der Waals surface area contributed by atoms with Crippen molar-refractivity contribution in [3.8, 4) is 11.5 Å². The minimum atomic E-state index is -2.85. The average Bonchev–Trinajstić information content (AvgIpc) is 2.12. The first-order chi connectivity index (χ1) is 7.65. The molecule has 0 saturated carbocycles. The van der Waals surface area contributed by atoms with Crippen molar-refractivity contribution in [3.05, 3.63) is 23.8 Å². The molecule has 1 saturated heterocycles. The van der Waals surface area contributed by atoms with E-state index in [9.17, 15) is 8.78 Å². The second-order valence-electron chi connectivity index (χ2n) is 3.61. The number of ether oxygens (including phenoxy) is 3. The number of rotatable bonds is 4. The first kappa shape index (κ1) is 11.1. The van der Waals surface area contributed by atoms with Crippen molar-refractivity contribution < 1.29 is 23.0 Å². The van der Waals surface area contributed by atoms with Gasteiger partial charge in [0.1, 0.15) is 6.10 Å². The maximum absolute atomic E-state index is 12.2. The van der Waals surface area contributed by atoms with Crippen LogP contribution < -0.4 is 9.47 Å². The van der Waals surface area contributed by atoms with Crippen LogP contribution in [-0.2, 0) is 4.74 Å². The number of hydrogen-bond acceptors (Lipinski definition) is 3. The Morgan fingerprint density at radius 2 is 2.06 bits per heavy atom. The van der Waals surface area contributed by atoms with E-state index in [0.717, 1.165) is 5.56 Å². The number of alkyl halides is 2. The zero-order chi connectivity index (χ0) is 11.5. The van der Waals surface area contributed by atoms with Crippen molar-refractivity contribution in [2.45, 2.75) is 19.6 Å². The minimum Gasteiger partial charge on any atom is -0.482 e. The molecule has 1 fully saturated rings. The molecule has 0 aliphatic carbocycles. The Labute approximate surface area is 91.9 Å². The summed E-state index contributed by atoms with van der Waals surface area (Å²) in [6.45, 7) is -0.0692. The smallest absolute Gasteiger partial charge is 0.387 e. The van der Waals surface area contributed by atoms with E-state index in [1.54, 1.807) is 19.1 Å². The first-order valence-electron chi connectivity index (χ1n) is 4.95. The van der Waals surface area contributed by atoms with Crippen LogP contribution in [0.15, 0.2) is 18.2 Å². The highest BCUT2D eigenvalue weighted by atomic mass is 19.3. The van der Waals surface area contributed by atoms with Crippen LogP contribution in [0.4, 0.5) is 8.78 Å². The van der Waals surface area contributed by atoms with Gasteiger partial charge >= 0.3 is 6.61 Å². The van der Waals surface area contributed by atoms with Gasteiger partial charge in [-0.2, -0.15) is 8.78 Å². The molecule has 5 heteroatoms. The summed E-state index contributed by atoms with van der Waals surface area (Å²) < 4.78 is 39.1. The Bertz CT molecular complexity index is 364. The number of benzene rings is 1. The van der Waals surface area contributed by atoms with Crippen LogP contribution in [0.2, 0.25) is 0 Å². The van der Waals surface area contributed by atoms with Gasteiger partial charge in [-0.15, -0.1) is 0 Å². The summed E-state index contributed by atoms with van der Waals surface area (Å²) in [6.07, 6.45) is -0.0669. The molecule has 1 aromatic carbocycles. The molecular weight excluding hydrogens is 218 g/mol. The van der Waals surface area contributed by atoms with E-state index in [2.05, 4.69) is 4.74 Å². The highest BCUT2D eigenvalue weighted by Crippen LogP contribution is 2.31. The van der Waals surface area contributed by atoms with E-state index >= 15 is 0 Å². The predicted molar refractivity (Wildman–Crippen MR) is 53.0 cm³/mol. The van der Waals surface area contributed by atoms with E-state index in [0.29, 0.717) is 19.0 Å². The summed E-state index contributed by atoms with van der Waals surface area (Å²) in [4.78, 5) is 0. The molecule has 0 amide bonds. The highest BCUT2D eigenvalue weighted by molar-refractivity contribution is 5.42. The molecule has 2 rings (SSSR count). The van der Waals surface area contributed by atoms with Gasteiger partial charge in [-0.05, 0) is 24.6 Å². The van der Waals surface area contributed by atoms with Gasteiger partial charge in [0.2, 0.25) is 0 Å². The summed E-state index contributed by atoms with van der Waals surface area (Å²) in [5.74, 6) is 0.404. The van der Waals surface area contributed by atoms with Crippen molar-refractivity contribution in [3.63, 3.8) is 0 Å². The molecule has 16 heavy (non-hydrogen) atoms. The largest absolute Gasteiger partial charge is 0.482 e. The molecule has 0 unspecified atom stereocenters. The SMILES string of the molecule is Cc1ccc(OC2COC2)c(OC(F)F)c1. The molecule has 1 aromatic rings. The topological polar surface area (TPSA) is 27.7 Å². The van der Waals surface area contributed by atoms with Crippen LogP contribution in [0, 0.1) is 6.92 Å². The van der Waals surface area contributed by atoms with E-state index in [1.807, 2.05) is 0 Å². The third-order valence-electron chi connectivity index (χ3n) is 2.22. The quantitative estimate of drug-likeness (QED) is 0.794. The maximum Gasteiger partial charge on any atom is 0.387 e. The zero-order valence-electron chi connectivity index (χ0n) is 8.78. The monoisotopic (exact) mass is 230 g/mol. The summed E-state index contributed by atoms with van der Waals surface area (Å²) in [5, 5.41) is 0. The molecular formula is C11H12F2O3. The summed E-state index contributed by atoms with van der Waals surface area (Å²) in [7, 11) is 0. The fourth-order valence-corrected chi connectivity index (χ4v) is 1.36. The molecule has 0 aromatic heterocycles. The fraction of sp³-hybridized carbons (Fsp3) is 0.455. The lowest BCUT2D eigenvalue weighted by Crippen LogP contribution is -2.38. The third-order valence-corrected chi connectivity index (χ3v) is 2.22. The second kappa shape index (κ2) is 4.65. The maximum atomic E-state index is 12.2. The van der Waals surface area contributed by atoms with Crippen molar-refractivity contribution in [2.24, 2.45) is 0 Å². The van der Waals surface area contributed by atoms with Crippen LogP contribution in [0.5, 0.6) is 11.5 Å². The van der Waals surface area contributed by atoms with E-state index in [-0.39, 0.29) is 11.9 Å². The van der Waals surface area contributed by atoms with Gasteiger partial charge in [-0.25, -0.2) is 0 Å². The molecule has 0 radical (unpaired) electrons. The average molecular weight is 230 g/mol. The summed E-state index contributed by atoms with van der Waals surface area (Å²) in [6, 6.07) is 4.94. The molecule has 0 bridgehead atoms. The number of hydrogen-bond donors (Lipinski definition) is 0. The molecule has 1 heterocycles. The number of halogens is 2. The van der Waals surface area contributed by atoms with Gasteiger partial charge in [0.25, 0.3) is 0 Å². The van der Waals surface area contributed by atoms with E-state index < -0.39 is 6.61 Å². The van der Waals surface area contributed by atoms with Crippen LogP contribution >= 0.6 is 0 Å². The summed E-state index contributed by atoms with van der Waals surface area (Å²) >= 11 is 0. The van der Waals surface area contributed by atoms with Crippen molar-refractivity contribution in [1.82, 2.24) is 0 Å². The lowest BCUT2D eigenvalue weighted by atomic mass is 10.2. The van der Waals surface area contributed by atoms with Crippen molar-refractivity contribution in [2.75, 3.05) is 13.2 Å². The van der Waals surface area contributed by atoms with Crippen molar-refractivity contribution >= 4 is 0 Å². The molecule has 88 valence electrons. The second-order valence-corrected chi connectivity index (χ2v) is 3.61. The van der Waals surface area contributed by atoms with E-state index in [1.165, 1.54) is 6.07 Å². The van der Waals surface area contributed by atoms with Crippen molar-refractivity contribution in [1.29, 1.82) is 0 Å². The lowest BCUT2D eigenvalue weighted by Gasteiger charge is -2.27. The molecule has 1 aliphatic heterocycles.